The summed E-state index contributed by atoms with van der Waals surface area (Å²) < 4.78 is 25.5. The van der Waals surface area contributed by atoms with Crippen molar-refractivity contribution in [2.75, 3.05) is 26.3 Å². The van der Waals surface area contributed by atoms with Gasteiger partial charge in [0.1, 0.15) is 6.61 Å². The lowest BCUT2D eigenvalue weighted by Gasteiger charge is -2.36. The maximum atomic E-state index is 12.8. The molecule has 1 fully saturated rings. The minimum absolute atomic E-state index is 0.0463. The van der Waals surface area contributed by atoms with Crippen molar-refractivity contribution < 1.29 is 19.0 Å². The van der Waals surface area contributed by atoms with Gasteiger partial charge >= 0.3 is 0 Å². The van der Waals surface area contributed by atoms with E-state index >= 15 is 0 Å². The molecule has 1 aliphatic carbocycles. The number of halogens is 2. The number of hydrogen-bond acceptors (Lipinski definition) is 3. The highest BCUT2D eigenvalue weighted by Gasteiger charge is 2.33. The largest absolute Gasteiger partial charge is 0.396 e. The van der Waals surface area contributed by atoms with Crippen molar-refractivity contribution in [2.24, 2.45) is 5.41 Å². The number of aliphatic hydroxyl groups is 2. The molecule has 1 saturated carbocycles. The fourth-order valence-electron chi connectivity index (χ4n) is 2.26. The van der Waals surface area contributed by atoms with Gasteiger partial charge in [0.2, 0.25) is 0 Å². The van der Waals surface area contributed by atoms with Crippen molar-refractivity contribution in [1.82, 2.24) is 5.32 Å². The summed E-state index contributed by atoms with van der Waals surface area (Å²) >= 11 is 0. The van der Waals surface area contributed by atoms with Gasteiger partial charge in [0, 0.05) is 18.6 Å². The molecule has 16 heavy (non-hydrogen) atoms. The van der Waals surface area contributed by atoms with Crippen molar-refractivity contribution in [1.29, 1.82) is 0 Å². The second kappa shape index (κ2) is 5.89. The molecule has 1 rings (SSSR count). The number of hydrogen-bond donors (Lipinski definition) is 3. The zero-order valence-electron chi connectivity index (χ0n) is 9.51. The van der Waals surface area contributed by atoms with Crippen LogP contribution < -0.4 is 5.32 Å². The lowest BCUT2D eigenvalue weighted by molar-refractivity contribution is -0.0507. The van der Waals surface area contributed by atoms with Crippen LogP contribution in [0.2, 0.25) is 0 Å². The molecule has 3 nitrogen and oxygen atoms in total. The van der Waals surface area contributed by atoms with E-state index in [1.54, 1.807) is 0 Å². The molecule has 0 aromatic carbocycles. The Morgan fingerprint density at radius 3 is 2.25 bits per heavy atom. The Balaban J connectivity index is 2.33. The predicted molar refractivity (Wildman–Crippen MR) is 57.5 cm³/mol. The summed E-state index contributed by atoms with van der Waals surface area (Å²) in [7, 11) is 0. The summed E-state index contributed by atoms with van der Waals surface area (Å²) in [6.45, 7) is -1.21. The molecule has 0 spiro atoms. The molecule has 0 radical (unpaired) electrons. The van der Waals surface area contributed by atoms with E-state index in [4.69, 9.17) is 5.11 Å². The predicted octanol–water partition coefficient (Wildman–Crippen LogP) is 1.15. The molecule has 0 bridgehead atoms. The van der Waals surface area contributed by atoms with Crippen LogP contribution in [0.15, 0.2) is 0 Å². The minimum Gasteiger partial charge on any atom is -0.396 e. The summed E-state index contributed by atoms with van der Waals surface area (Å²) in [5.74, 6) is -3.06. The van der Waals surface area contributed by atoms with Gasteiger partial charge in [-0.05, 0) is 12.8 Å². The average Bonchev–Trinajstić information content (AvgIpc) is 2.30. The molecule has 0 unspecified atom stereocenters. The van der Waals surface area contributed by atoms with Crippen molar-refractivity contribution in [3.8, 4) is 0 Å². The van der Waals surface area contributed by atoms with Gasteiger partial charge in [0.15, 0.2) is 0 Å². The van der Waals surface area contributed by atoms with Crippen LogP contribution in [0.5, 0.6) is 0 Å². The Morgan fingerprint density at radius 2 is 1.75 bits per heavy atom. The summed E-state index contributed by atoms with van der Waals surface area (Å²) in [5, 5.41) is 20.4. The van der Waals surface area contributed by atoms with Crippen LogP contribution >= 0.6 is 0 Å². The number of aliphatic hydroxyl groups excluding tert-OH is 2. The molecule has 0 atom stereocenters. The Labute approximate surface area is 94.9 Å². The maximum absolute atomic E-state index is 12.8. The zero-order valence-corrected chi connectivity index (χ0v) is 9.51. The highest BCUT2D eigenvalue weighted by molar-refractivity contribution is 4.85. The Morgan fingerprint density at radius 1 is 1.12 bits per heavy atom. The Kier molecular flexibility index (Phi) is 5.08. The normalized spacial score (nSPS) is 21.0. The van der Waals surface area contributed by atoms with Crippen molar-refractivity contribution in [3.63, 3.8) is 0 Å². The molecule has 0 amide bonds. The van der Waals surface area contributed by atoms with E-state index in [2.05, 4.69) is 5.32 Å². The van der Waals surface area contributed by atoms with Crippen LogP contribution in [0.3, 0.4) is 0 Å². The minimum atomic E-state index is -3.06. The molecule has 96 valence electrons. The van der Waals surface area contributed by atoms with Gasteiger partial charge in [0.05, 0.1) is 6.54 Å². The van der Waals surface area contributed by atoms with Crippen molar-refractivity contribution in [3.05, 3.63) is 0 Å². The van der Waals surface area contributed by atoms with Crippen LogP contribution in [0.25, 0.3) is 0 Å². The summed E-state index contributed by atoms with van der Waals surface area (Å²) in [6.07, 6.45) is 5.05. The molecule has 0 heterocycles. The molecule has 5 heteroatoms. The number of alkyl halides is 2. The fourth-order valence-corrected chi connectivity index (χ4v) is 2.26. The molecular weight excluding hydrogens is 216 g/mol. The van der Waals surface area contributed by atoms with E-state index in [1.807, 2.05) is 0 Å². The van der Waals surface area contributed by atoms with Crippen LogP contribution in [-0.2, 0) is 0 Å². The van der Waals surface area contributed by atoms with Gasteiger partial charge in [-0.3, -0.25) is 0 Å². The SMILES string of the molecule is OCC(F)(F)CNCC1(CO)CCCCC1. The van der Waals surface area contributed by atoms with Crippen LogP contribution in [0.4, 0.5) is 8.78 Å². The molecule has 0 aromatic rings. The van der Waals surface area contributed by atoms with Gasteiger partial charge in [-0.1, -0.05) is 19.3 Å². The first-order valence-corrected chi connectivity index (χ1v) is 5.84. The summed E-state index contributed by atoms with van der Waals surface area (Å²) in [4.78, 5) is 0. The fraction of sp³-hybridized carbons (Fsp3) is 1.00. The van der Waals surface area contributed by atoms with Gasteiger partial charge in [-0.25, -0.2) is 8.78 Å². The third-order valence-corrected chi connectivity index (χ3v) is 3.36. The van der Waals surface area contributed by atoms with Gasteiger partial charge < -0.3 is 15.5 Å². The highest BCUT2D eigenvalue weighted by Crippen LogP contribution is 2.35. The van der Waals surface area contributed by atoms with Gasteiger partial charge in [-0.2, -0.15) is 0 Å². The smallest absolute Gasteiger partial charge is 0.282 e. The number of rotatable bonds is 6. The van der Waals surface area contributed by atoms with Gasteiger partial charge in [-0.15, -0.1) is 0 Å². The van der Waals surface area contributed by atoms with Crippen molar-refractivity contribution >= 4 is 0 Å². The summed E-state index contributed by atoms with van der Waals surface area (Å²) in [6, 6.07) is 0. The van der Waals surface area contributed by atoms with E-state index in [9.17, 15) is 13.9 Å². The first-order chi connectivity index (χ1) is 7.54. The molecule has 0 aromatic heterocycles. The Hall–Kier alpha value is -0.260. The van der Waals surface area contributed by atoms with Crippen LogP contribution in [0.1, 0.15) is 32.1 Å². The quantitative estimate of drug-likeness (QED) is 0.649. The monoisotopic (exact) mass is 237 g/mol. The summed E-state index contributed by atoms with van der Waals surface area (Å²) in [5.41, 5.74) is -0.232. The van der Waals surface area contributed by atoms with Crippen LogP contribution in [0, 0.1) is 5.41 Å². The third kappa shape index (κ3) is 3.96. The average molecular weight is 237 g/mol. The molecular formula is C11H21F2NO2. The molecule has 0 aliphatic heterocycles. The zero-order chi connectivity index (χ0) is 12.1. The highest BCUT2D eigenvalue weighted by atomic mass is 19.3. The van der Waals surface area contributed by atoms with E-state index in [0.29, 0.717) is 6.54 Å². The van der Waals surface area contributed by atoms with E-state index < -0.39 is 19.1 Å². The topological polar surface area (TPSA) is 52.5 Å². The standard InChI is InChI=1S/C11H21F2NO2/c12-11(13,9-16)7-14-6-10(8-15)4-2-1-3-5-10/h14-16H,1-9H2. The third-order valence-electron chi connectivity index (χ3n) is 3.36. The second-order valence-corrected chi connectivity index (χ2v) is 4.84. The first kappa shape index (κ1) is 13.8. The van der Waals surface area contributed by atoms with E-state index in [-0.39, 0.29) is 12.0 Å². The second-order valence-electron chi connectivity index (χ2n) is 4.84. The van der Waals surface area contributed by atoms with E-state index in [1.165, 1.54) is 0 Å². The maximum Gasteiger partial charge on any atom is 0.282 e. The molecule has 0 saturated heterocycles. The van der Waals surface area contributed by atoms with Gasteiger partial charge in [0.25, 0.3) is 5.92 Å². The molecule has 1 aliphatic rings. The first-order valence-electron chi connectivity index (χ1n) is 5.84. The number of nitrogens with one attached hydrogen (secondary N) is 1. The lowest BCUT2D eigenvalue weighted by atomic mass is 9.74. The van der Waals surface area contributed by atoms with Crippen LogP contribution in [-0.4, -0.2) is 42.4 Å². The Bertz CT molecular complexity index is 206. The van der Waals surface area contributed by atoms with Crippen molar-refractivity contribution in [2.45, 2.75) is 38.0 Å². The van der Waals surface area contributed by atoms with E-state index in [0.717, 1.165) is 32.1 Å². The lowest BCUT2D eigenvalue weighted by Crippen LogP contribution is -2.44. The molecule has 3 N–H and O–H groups in total.